The highest BCUT2D eigenvalue weighted by Gasteiger charge is 2.20. The van der Waals surface area contributed by atoms with Crippen LogP contribution in [0.3, 0.4) is 0 Å². The molecule has 0 saturated heterocycles. The van der Waals surface area contributed by atoms with Crippen molar-refractivity contribution in [1.82, 2.24) is 15.0 Å². The summed E-state index contributed by atoms with van der Waals surface area (Å²) in [5.74, 6) is -0.000294. The first kappa shape index (κ1) is 17.3. The Morgan fingerprint density at radius 3 is 2.86 bits per heavy atom. The average Bonchev–Trinajstić information content (AvgIpc) is 2.85. The highest BCUT2D eigenvalue weighted by molar-refractivity contribution is 7.89. The molecular formula is C13H22N4O3S2. The van der Waals surface area contributed by atoms with Crippen molar-refractivity contribution in [2.45, 2.75) is 25.7 Å². The standard InChI is InChI=1S/C13H22N4O3S2/c14-5-4-12-17-11(9-21-12)13(18)15-6-7-22(19,20)16-8-10-2-1-3-10/h9-10,16H,1-8,14H2,(H,15,18). The van der Waals surface area contributed by atoms with Gasteiger partial charge in [0.05, 0.1) is 10.8 Å². The summed E-state index contributed by atoms with van der Waals surface area (Å²) in [4.78, 5) is 16.0. The zero-order valence-corrected chi connectivity index (χ0v) is 14.0. The van der Waals surface area contributed by atoms with Gasteiger partial charge in [0.25, 0.3) is 5.91 Å². The van der Waals surface area contributed by atoms with Crippen molar-refractivity contribution in [3.63, 3.8) is 0 Å². The highest BCUT2D eigenvalue weighted by Crippen LogP contribution is 2.25. The number of amides is 1. The molecule has 22 heavy (non-hydrogen) atoms. The summed E-state index contributed by atoms with van der Waals surface area (Å²) in [5.41, 5.74) is 5.74. The van der Waals surface area contributed by atoms with E-state index in [9.17, 15) is 13.2 Å². The van der Waals surface area contributed by atoms with Crippen molar-refractivity contribution >= 4 is 27.3 Å². The van der Waals surface area contributed by atoms with Crippen molar-refractivity contribution in [2.75, 3.05) is 25.4 Å². The molecule has 0 aromatic carbocycles. The molecule has 9 heteroatoms. The molecule has 1 aliphatic carbocycles. The first-order valence-corrected chi connectivity index (χ1v) is 9.93. The summed E-state index contributed by atoms with van der Waals surface area (Å²) in [6.07, 6.45) is 4.00. The van der Waals surface area contributed by atoms with E-state index in [1.54, 1.807) is 5.38 Å². The van der Waals surface area contributed by atoms with Crippen LogP contribution in [0.5, 0.6) is 0 Å². The summed E-state index contributed by atoms with van der Waals surface area (Å²) in [5, 5.41) is 5.05. The van der Waals surface area contributed by atoms with Gasteiger partial charge in [-0.15, -0.1) is 11.3 Å². The Morgan fingerprint density at radius 2 is 2.23 bits per heavy atom. The summed E-state index contributed by atoms with van der Waals surface area (Å²) in [6, 6.07) is 0. The quantitative estimate of drug-likeness (QED) is 0.586. The molecule has 1 aromatic rings. The van der Waals surface area contributed by atoms with Gasteiger partial charge in [-0.25, -0.2) is 18.1 Å². The fourth-order valence-electron chi connectivity index (χ4n) is 2.06. The van der Waals surface area contributed by atoms with Crippen LogP contribution >= 0.6 is 11.3 Å². The average molecular weight is 346 g/mol. The molecule has 124 valence electrons. The molecule has 0 radical (unpaired) electrons. The van der Waals surface area contributed by atoms with Gasteiger partial charge >= 0.3 is 0 Å². The van der Waals surface area contributed by atoms with Crippen LogP contribution in [0.1, 0.15) is 34.8 Å². The SMILES string of the molecule is NCCc1nc(C(=O)NCCS(=O)(=O)NCC2CCC2)cs1. The molecule has 1 amide bonds. The van der Waals surface area contributed by atoms with Crippen LogP contribution in [0.4, 0.5) is 0 Å². The largest absolute Gasteiger partial charge is 0.350 e. The molecule has 0 aliphatic heterocycles. The van der Waals surface area contributed by atoms with E-state index in [1.165, 1.54) is 17.8 Å². The van der Waals surface area contributed by atoms with Crippen LogP contribution in [-0.4, -0.2) is 44.7 Å². The number of nitrogens with one attached hydrogen (secondary N) is 2. The number of sulfonamides is 1. The number of nitrogens with two attached hydrogens (primary N) is 1. The summed E-state index contributed by atoms with van der Waals surface area (Å²) in [6.45, 7) is 1.06. The van der Waals surface area contributed by atoms with Crippen LogP contribution in [0, 0.1) is 5.92 Å². The van der Waals surface area contributed by atoms with Crippen molar-refractivity contribution in [1.29, 1.82) is 0 Å². The van der Waals surface area contributed by atoms with Crippen molar-refractivity contribution in [3.05, 3.63) is 16.1 Å². The van der Waals surface area contributed by atoms with Crippen molar-refractivity contribution in [2.24, 2.45) is 11.7 Å². The lowest BCUT2D eigenvalue weighted by Crippen LogP contribution is -2.37. The second-order valence-corrected chi connectivity index (χ2v) is 8.25. The third-order valence-electron chi connectivity index (χ3n) is 3.62. The van der Waals surface area contributed by atoms with Gasteiger partial charge in [0, 0.05) is 24.9 Å². The summed E-state index contributed by atoms with van der Waals surface area (Å²) >= 11 is 1.38. The van der Waals surface area contributed by atoms with E-state index in [1.807, 2.05) is 0 Å². The fraction of sp³-hybridized carbons (Fsp3) is 0.692. The Hall–Kier alpha value is -1.03. The predicted octanol–water partition coefficient (Wildman–Crippen LogP) is 0.0936. The molecule has 1 saturated carbocycles. The number of aromatic nitrogens is 1. The van der Waals surface area contributed by atoms with Crippen LogP contribution in [0.25, 0.3) is 0 Å². The molecule has 0 atom stereocenters. The zero-order valence-electron chi connectivity index (χ0n) is 12.4. The van der Waals surface area contributed by atoms with Crippen LogP contribution in [0.15, 0.2) is 5.38 Å². The van der Waals surface area contributed by atoms with Gasteiger partial charge in [-0.3, -0.25) is 4.79 Å². The van der Waals surface area contributed by atoms with Crippen LogP contribution in [-0.2, 0) is 16.4 Å². The van der Waals surface area contributed by atoms with Crippen molar-refractivity contribution < 1.29 is 13.2 Å². The molecule has 1 fully saturated rings. The molecule has 1 heterocycles. The van der Waals surface area contributed by atoms with E-state index in [4.69, 9.17) is 5.73 Å². The Balaban J connectivity index is 1.70. The van der Waals surface area contributed by atoms with Crippen molar-refractivity contribution in [3.8, 4) is 0 Å². The fourth-order valence-corrected chi connectivity index (χ4v) is 3.86. The lowest BCUT2D eigenvalue weighted by molar-refractivity contribution is 0.0951. The maximum atomic E-state index is 11.9. The molecule has 0 spiro atoms. The first-order valence-electron chi connectivity index (χ1n) is 7.40. The second-order valence-electron chi connectivity index (χ2n) is 5.39. The van der Waals surface area contributed by atoms with Gasteiger partial charge in [-0.2, -0.15) is 0 Å². The Morgan fingerprint density at radius 1 is 1.45 bits per heavy atom. The van der Waals surface area contributed by atoms with Gasteiger partial charge in [0.1, 0.15) is 5.69 Å². The zero-order chi connectivity index (χ0) is 16.0. The minimum atomic E-state index is -3.33. The van der Waals surface area contributed by atoms with Gasteiger partial charge in [-0.05, 0) is 25.3 Å². The molecule has 1 aromatic heterocycles. The first-order chi connectivity index (χ1) is 10.5. The number of hydrogen-bond donors (Lipinski definition) is 3. The number of hydrogen-bond acceptors (Lipinski definition) is 6. The van der Waals surface area contributed by atoms with Gasteiger partial charge in [0.15, 0.2) is 0 Å². The number of carbonyl (C=O) groups excluding carboxylic acids is 1. The van der Waals surface area contributed by atoms with E-state index >= 15 is 0 Å². The van der Waals surface area contributed by atoms with Crippen LogP contribution < -0.4 is 15.8 Å². The number of thiazole rings is 1. The molecule has 2 rings (SSSR count). The number of rotatable bonds is 9. The Bertz CT molecular complexity index is 596. The highest BCUT2D eigenvalue weighted by atomic mass is 32.2. The molecular weight excluding hydrogens is 324 g/mol. The predicted molar refractivity (Wildman–Crippen MR) is 86.3 cm³/mol. The monoisotopic (exact) mass is 346 g/mol. The van der Waals surface area contributed by atoms with E-state index in [0.29, 0.717) is 31.1 Å². The minimum absolute atomic E-state index is 0.0720. The lowest BCUT2D eigenvalue weighted by atomic mass is 9.86. The Labute approximate surface area is 134 Å². The topological polar surface area (TPSA) is 114 Å². The summed E-state index contributed by atoms with van der Waals surface area (Å²) in [7, 11) is -3.33. The number of nitrogens with zero attached hydrogens (tertiary/aromatic N) is 1. The maximum absolute atomic E-state index is 11.9. The third-order valence-corrected chi connectivity index (χ3v) is 5.87. The lowest BCUT2D eigenvalue weighted by Gasteiger charge is -2.25. The van der Waals surface area contributed by atoms with Gasteiger partial charge in [0.2, 0.25) is 10.0 Å². The van der Waals surface area contributed by atoms with E-state index in [0.717, 1.165) is 17.8 Å². The maximum Gasteiger partial charge on any atom is 0.270 e. The van der Waals surface area contributed by atoms with E-state index < -0.39 is 10.0 Å². The summed E-state index contributed by atoms with van der Waals surface area (Å²) < 4.78 is 26.2. The normalized spacial score (nSPS) is 15.5. The third kappa shape index (κ3) is 5.31. The molecule has 0 bridgehead atoms. The molecule has 4 N–H and O–H groups in total. The smallest absolute Gasteiger partial charge is 0.270 e. The van der Waals surface area contributed by atoms with E-state index in [2.05, 4.69) is 15.0 Å². The molecule has 1 aliphatic rings. The number of carbonyl (C=O) groups is 1. The molecule has 7 nitrogen and oxygen atoms in total. The minimum Gasteiger partial charge on any atom is -0.350 e. The Kier molecular flexibility index (Phi) is 6.30. The van der Waals surface area contributed by atoms with Gasteiger partial charge < -0.3 is 11.1 Å². The molecule has 0 unspecified atom stereocenters. The van der Waals surface area contributed by atoms with Gasteiger partial charge in [-0.1, -0.05) is 6.42 Å². The van der Waals surface area contributed by atoms with E-state index in [-0.39, 0.29) is 18.2 Å². The van der Waals surface area contributed by atoms with Crippen LogP contribution in [0.2, 0.25) is 0 Å². The second kappa shape index (κ2) is 8.00.